The first kappa shape index (κ1) is 19.2. The molecule has 3 rings (SSSR count). The van der Waals surface area contributed by atoms with Crippen molar-refractivity contribution in [3.63, 3.8) is 0 Å². The van der Waals surface area contributed by atoms with Crippen LogP contribution in [0.15, 0.2) is 54.6 Å². The molecule has 3 nitrogen and oxygen atoms in total. The minimum Gasteiger partial charge on any atom is -0.362 e. The Kier molecular flexibility index (Phi) is 7.30. The Morgan fingerprint density at radius 2 is 1.69 bits per heavy atom. The van der Waals surface area contributed by atoms with Crippen molar-refractivity contribution < 1.29 is 0 Å². The van der Waals surface area contributed by atoms with E-state index >= 15 is 0 Å². The molecule has 0 aliphatic carbocycles. The fourth-order valence-corrected chi connectivity index (χ4v) is 3.68. The molecule has 1 aliphatic rings. The Labute approximate surface area is 166 Å². The first-order chi connectivity index (χ1) is 12.7. The number of hydrogen-bond acceptors (Lipinski definition) is 2. The van der Waals surface area contributed by atoms with Crippen LogP contribution < -0.4 is 10.6 Å². The van der Waals surface area contributed by atoms with Crippen molar-refractivity contribution in [3.05, 3.63) is 70.7 Å². The third-order valence-electron chi connectivity index (χ3n) is 4.78. The van der Waals surface area contributed by atoms with E-state index in [-0.39, 0.29) is 0 Å². The van der Waals surface area contributed by atoms with Crippen molar-refractivity contribution in [2.45, 2.75) is 31.8 Å². The van der Waals surface area contributed by atoms with Crippen LogP contribution in [0, 0.1) is 0 Å². The third kappa shape index (κ3) is 6.27. The number of nitrogens with zero attached hydrogens (tertiary/aromatic N) is 1. The van der Waals surface area contributed by atoms with E-state index in [1.807, 2.05) is 18.2 Å². The first-order valence-corrected chi connectivity index (χ1v) is 10.0. The molecule has 0 saturated carbocycles. The molecule has 138 valence electrons. The number of benzene rings is 2. The van der Waals surface area contributed by atoms with Crippen LogP contribution in [0.1, 0.15) is 24.0 Å². The van der Waals surface area contributed by atoms with Gasteiger partial charge in [-0.1, -0.05) is 54.1 Å². The largest absolute Gasteiger partial charge is 0.362 e. The van der Waals surface area contributed by atoms with Gasteiger partial charge in [-0.05, 0) is 54.7 Å². The highest BCUT2D eigenvalue weighted by atomic mass is 35.5. The zero-order valence-electron chi connectivity index (χ0n) is 15.0. The molecule has 26 heavy (non-hydrogen) atoms. The Morgan fingerprint density at radius 1 is 1.00 bits per heavy atom. The molecule has 0 aromatic heterocycles. The predicted octanol–water partition coefficient (Wildman–Crippen LogP) is 4.01. The van der Waals surface area contributed by atoms with Gasteiger partial charge in [0, 0.05) is 37.2 Å². The summed E-state index contributed by atoms with van der Waals surface area (Å²) >= 11 is 11.4. The highest BCUT2D eigenvalue weighted by molar-refractivity contribution is 7.80. The van der Waals surface area contributed by atoms with Gasteiger partial charge in [0.1, 0.15) is 0 Å². The summed E-state index contributed by atoms with van der Waals surface area (Å²) in [6, 6.07) is 19.1. The van der Waals surface area contributed by atoms with Crippen molar-refractivity contribution in [3.8, 4) is 0 Å². The zero-order valence-corrected chi connectivity index (χ0v) is 16.5. The monoisotopic (exact) mass is 387 g/mol. The average Bonchev–Trinajstić information content (AvgIpc) is 2.66. The average molecular weight is 388 g/mol. The predicted molar refractivity (Wildman–Crippen MR) is 114 cm³/mol. The Balaban J connectivity index is 1.33. The van der Waals surface area contributed by atoms with E-state index in [0.717, 1.165) is 55.6 Å². The first-order valence-electron chi connectivity index (χ1n) is 9.24. The normalized spacial score (nSPS) is 15.6. The summed E-state index contributed by atoms with van der Waals surface area (Å²) in [6.07, 6.45) is 3.23. The number of likely N-dealkylation sites (tertiary alicyclic amines) is 1. The van der Waals surface area contributed by atoms with E-state index in [1.54, 1.807) is 0 Å². The molecule has 0 amide bonds. The maximum atomic E-state index is 5.95. The minimum atomic E-state index is 0.466. The topological polar surface area (TPSA) is 27.3 Å². The fraction of sp³-hybridized carbons (Fsp3) is 0.381. The van der Waals surface area contributed by atoms with Gasteiger partial charge in [0.05, 0.1) is 0 Å². The van der Waals surface area contributed by atoms with Crippen LogP contribution in [-0.2, 0) is 13.0 Å². The van der Waals surface area contributed by atoms with Gasteiger partial charge >= 0.3 is 0 Å². The summed E-state index contributed by atoms with van der Waals surface area (Å²) < 4.78 is 0. The molecule has 5 heteroatoms. The molecule has 2 aromatic carbocycles. The highest BCUT2D eigenvalue weighted by Gasteiger charge is 2.19. The van der Waals surface area contributed by atoms with Crippen molar-refractivity contribution in [2.24, 2.45) is 0 Å². The molecule has 1 aliphatic heterocycles. The second kappa shape index (κ2) is 9.91. The quantitative estimate of drug-likeness (QED) is 0.732. The highest BCUT2D eigenvalue weighted by Crippen LogP contribution is 2.16. The zero-order chi connectivity index (χ0) is 18.2. The van der Waals surface area contributed by atoms with Crippen molar-refractivity contribution in [2.75, 3.05) is 19.6 Å². The van der Waals surface area contributed by atoms with Gasteiger partial charge in [-0.25, -0.2) is 0 Å². The molecule has 0 atom stereocenters. The summed E-state index contributed by atoms with van der Waals surface area (Å²) in [5, 5.41) is 8.37. The smallest absolute Gasteiger partial charge is 0.166 e. The van der Waals surface area contributed by atoms with Gasteiger partial charge in [-0.15, -0.1) is 0 Å². The van der Waals surface area contributed by atoms with Crippen LogP contribution in [0.4, 0.5) is 0 Å². The molecule has 1 fully saturated rings. The van der Waals surface area contributed by atoms with E-state index in [4.69, 9.17) is 23.8 Å². The van der Waals surface area contributed by atoms with E-state index in [1.165, 1.54) is 11.1 Å². The number of nitrogens with one attached hydrogen (secondary N) is 2. The molecule has 0 bridgehead atoms. The number of hydrogen-bond donors (Lipinski definition) is 2. The summed E-state index contributed by atoms with van der Waals surface area (Å²) in [5.74, 6) is 0. The van der Waals surface area contributed by atoms with Crippen molar-refractivity contribution in [1.82, 2.24) is 15.5 Å². The maximum Gasteiger partial charge on any atom is 0.166 e. The van der Waals surface area contributed by atoms with Crippen molar-refractivity contribution in [1.29, 1.82) is 0 Å². The van der Waals surface area contributed by atoms with E-state index in [2.05, 4.69) is 51.9 Å². The second-order valence-corrected chi connectivity index (χ2v) is 7.66. The summed E-state index contributed by atoms with van der Waals surface area (Å²) in [6.45, 7) is 4.04. The lowest BCUT2D eigenvalue weighted by atomic mass is 10.0. The van der Waals surface area contributed by atoms with E-state index in [0.29, 0.717) is 6.04 Å². The lowest BCUT2D eigenvalue weighted by molar-refractivity contribution is 0.199. The second-order valence-electron chi connectivity index (χ2n) is 6.81. The summed E-state index contributed by atoms with van der Waals surface area (Å²) in [4.78, 5) is 2.49. The van der Waals surface area contributed by atoms with Crippen LogP contribution in [0.3, 0.4) is 0 Å². The van der Waals surface area contributed by atoms with Gasteiger partial charge < -0.3 is 10.6 Å². The van der Waals surface area contributed by atoms with Gasteiger partial charge in [0.15, 0.2) is 5.11 Å². The van der Waals surface area contributed by atoms with Crippen LogP contribution >= 0.6 is 23.8 Å². The molecular formula is C21H26ClN3S. The summed E-state index contributed by atoms with van der Waals surface area (Å²) in [7, 11) is 0. The molecule has 1 saturated heterocycles. The molecule has 0 spiro atoms. The molecule has 0 radical (unpaired) electrons. The Bertz CT molecular complexity index is 682. The van der Waals surface area contributed by atoms with Crippen LogP contribution in [-0.4, -0.2) is 35.7 Å². The molecular weight excluding hydrogens is 362 g/mol. The third-order valence-corrected chi connectivity index (χ3v) is 5.30. The van der Waals surface area contributed by atoms with E-state index in [9.17, 15) is 0 Å². The Hall–Kier alpha value is -1.62. The number of halogens is 1. The number of thiocarbonyl (C=S) groups is 1. The summed E-state index contributed by atoms with van der Waals surface area (Å²) in [5.41, 5.74) is 2.65. The minimum absolute atomic E-state index is 0.466. The Morgan fingerprint density at radius 3 is 2.38 bits per heavy atom. The number of piperidine rings is 1. The fourth-order valence-electron chi connectivity index (χ4n) is 3.28. The SMILES string of the molecule is S=C(NCCc1ccccc1)NC1CCN(Cc2ccc(Cl)cc2)CC1. The molecule has 2 aromatic rings. The molecule has 0 unspecified atom stereocenters. The van der Waals surface area contributed by atoms with Gasteiger partial charge in [-0.2, -0.15) is 0 Å². The van der Waals surface area contributed by atoms with Crippen LogP contribution in [0.25, 0.3) is 0 Å². The van der Waals surface area contributed by atoms with E-state index < -0.39 is 0 Å². The molecule has 2 N–H and O–H groups in total. The lowest BCUT2D eigenvalue weighted by Gasteiger charge is -2.33. The van der Waals surface area contributed by atoms with Gasteiger partial charge in [0.25, 0.3) is 0 Å². The van der Waals surface area contributed by atoms with Crippen molar-refractivity contribution >= 4 is 28.9 Å². The standard InChI is InChI=1S/C21H26ClN3S/c22-19-8-6-18(7-9-19)16-25-14-11-20(12-15-25)24-21(26)23-13-10-17-4-2-1-3-5-17/h1-9,20H,10-16H2,(H2,23,24,26). The van der Waals surface area contributed by atoms with Crippen LogP contribution in [0.5, 0.6) is 0 Å². The number of rotatable bonds is 6. The maximum absolute atomic E-state index is 5.95. The lowest BCUT2D eigenvalue weighted by Crippen LogP contribution is -2.47. The van der Waals surface area contributed by atoms with Gasteiger partial charge in [0.2, 0.25) is 0 Å². The van der Waals surface area contributed by atoms with Crippen LogP contribution in [0.2, 0.25) is 5.02 Å². The van der Waals surface area contributed by atoms with Gasteiger partial charge in [-0.3, -0.25) is 4.90 Å². The molecule has 1 heterocycles.